The second-order valence-electron chi connectivity index (χ2n) is 11.6. The topological polar surface area (TPSA) is 35.5 Å². The number of hydrogen-bond donors (Lipinski definition) is 0. The molecule has 2 aromatic carbocycles. The van der Waals surface area contributed by atoms with Crippen LogP contribution in [0.1, 0.15) is 95.6 Å². The summed E-state index contributed by atoms with van der Waals surface area (Å²) in [4.78, 5) is 12.5. The summed E-state index contributed by atoms with van der Waals surface area (Å²) in [6.07, 6.45) is 16.3. The van der Waals surface area contributed by atoms with E-state index in [9.17, 15) is 4.79 Å². The standard InChI is InChI=1S/C34H54NO3/c1-5-6-7-8-9-10-11-12-13-14-16-19-31-22-24-33(25-23-31)37-26-27-38-34(36)30(2)28-35(3,4)29-32-20-17-15-18-21-32/h15,17-18,20-25,30H,5-14,16,19,26-29H2,1-4H3/q+1. The molecule has 0 fully saturated rings. The lowest BCUT2D eigenvalue weighted by Crippen LogP contribution is -2.44. The lowest BCUT2D eigenvalue weighted by Gasteiger charge is -2.31. The lowest BCUT2D eigenvalue weighted by atomic mass is 10.0. The summed E-state index contributed by atoms with van der Waals surface area (Å²) >= 11 is 0. The van der Waals surface area contributed by atoms with Crippen molar-refractivity contribution in [2.75, 3.05) is 33.9 Å². The van der Waals surface area contributed by atoms with Crippen molar-refractivity contribution in [3.63, 3.8) is 0 Å². The first-order chi connectivity index (χ1) is 18.4. The Morgan fingerprint density at radius 2 is 1.32 bits per heavy atom. The molecule has 38 heavy (non-hydrogen) atoms. The Morgan fingerprint density at radius 3 is 1.92 bits per heavy atom. The zero-order valence-electron chi connectivity index (χ0n) is 24.8. The van der Waals surface area contributed by atoms with Gasteiger partial charge in [0.2, 0.25) is 0 Å². The number of esters is 1. The number of carbonyl (C=O) groups is 1. The number of benzene rings is 2. The zero-order valence-corrected chi connectivity index (χ0v) is 24.8. The molecule has 0 N–H and O–H groups in total. The van der Waals surface area contributed by atoms with E-state index in [0.29, 0.717) is 6.61 Å². The quantitative estimate of drug-likeness (QED) is 0.0934. The fourth-order valence-electron chi connectivity index (χ4n) is 5.15. The Hall–Kier alpha value is -2.33. The summed E-state index contributed by atoms with van der Waals surface area (Å²) in [7, 11) is 4.31. The van der Waals surface area contributed by atoms with Crippen LogP contribution in [0.2, 0.25) is 0 Å². The normalized spacial score (nSPS) is 12.3. The van der Waals surface area contributed by atoms with E-state index >= 15 is 0 Å². The molecule has 1 atom stereocenters. The molecule has 0 saturated heterocycles. The van der Waals surface area contributed by atoms with Gasteiger partial charge in [-0.15, -0.1) is 0 Å². The van der Waals surface area contributed by atoms with Crippen molar-refractivity contribution in [3.05, 3.63) is 65.7 Å². The summed E-state index contributed by atoms with van der Waals surface area (Å²) in [5.74, 6) is 0.510. The van der Waals surface area contributed by atoms with Gasteiger partial charge in [0.25, 0.3) is 0 Å². The molecule has 0 radical (unpaired) electrons. The molecule has 0 heterocycles. The summed E-state index contributed by atoms with van der Waals surface area (Å²) in [6, 6.07) is 18.8. The van der Waals surface area contributed by atoms with Gasteiger partial charge in [-0.25, -0.2) is 0 Å². The molecule has 4 nitrogen and oxygen atoms in total. The molecule has 0 amide bonds. The van der Waals surface area contributed by atoms with Crippen LogP contribution in [0.5, 0.6) is 5.75 Å². The van der Waals surface area contributed by atoms with Crippen molar-refractivity contribution < 1.29 is 18.8 Å². The van der Waals surface area contributed by atoms with E-state index in [2.05, 4.69) is 57.4 Å². The maximum atomic E-state index is 12.5. The minimum Gasteiger partial charge on any atom is -0.490 e. The van der Waals surface area contributed by atoms with E-state index in [0.717, 1.165) is 29.7 Å². The zero-order chi connectivity index (χ0) is 27.5. The third-order valence-corrected chi connectivity index (χ3v) is 7.21. The molecule has 0 aromatic heterocycles. The molecule has 212 valence electrons. The number of quaternary nitrogens is 1. The fourth-order valence-corrected chi connectivity index (χ4v) is 5.15. The van der Waals surface area contributed by atoms with Gasteiger partial charge in [-0.05, 0) is 37.5 Å². The maximum Gasteiger partial charge on any atom is 0.314 e. The molecule has 0 aliphatic carbocycles. The molecule has 0 spiro atoms. The van der Waals surface area contributed by atoms with Crippen molar-refractivity contribution in [2.45, 2.75) is 97.4 Å². The number of aryl methyl sites for hydroxylation is 1. The number of nitrogens with zero attached hydrogens (tertiary/aromatic N) is 1. The molecule has 2 aromatic rings. The largest absolute Gasteiger partial charge is 0.490 e. The predicted molar refractivity (Wildman–Crippen MR) is 159 cm³/mol. The van der Waals surface area contributed by atoms with Crippen LogP contribution in [0.4, 0.5) is 0 Å². The van der Waals surface area contributed by atoms with Crippen molar-refractivity contribution in [2.24, 2.45) is 5.92 Å². The van der Waals surface area contributed by atoms with Gasteiger partial charge in [0.05, 0.1) is 20.6 Å². The van der Waals surface area contributed by atoms with Crippen LogP contribution in [0.15, 0.2) is 54.6 Å². The number of hydrogen-bond acceptors (Lipinski definition) is 3. The first kappa shape index (κ1) is 31.9. The van der Waals surface area contributed by atoms with Crippen LogP contribution >= 0.6 is 0 Å². The summed E-state index contributed by atoms with van der Waals surface area (Å²) in [6.45, 7) is 6.49. The highest BCUT2D eigenvalue weighted by molar-refractivity contribution is 5.72. The lowest BCUT2D eigenvalue weighted by molar-refractivity contribution is -0.905. The van der Waals surface area contributed by atoms with Gasteiger partial charge < -0.3 is 14.0 Å². The van der Waals surface area contributed by atoms with Gasteiger partial charge in [-0.1, -0.05) is 114 Å². The van der Waals surface area contributed by atoms with E-state index in [1.54, 1.807) is 0 Å². The van der Waals surface area contributed by atoms with Gasteiger partial charge in [-0.3, -0.25) is 4.79 Å². The highest BCUT2D eigenvalue weighted by Gasteiger charge is 2.25. The first-order valence-corrected chi connectivity index (χ1v) is 15.1. The van der Waals surface area contributed by atoms with Crippen LogP contribution < -0.4 is 4.74 Å². The van der Waals surface area contributed by atoms with E-state index in [1.807, 2.05) is 25.1 Å². The van der Waals surface area contributed by atoms with Gasteiger partial charge in [0.1, 0.15) is 31.4 Å². The Balaban J connectivity index is 1.52. The summed E-state index contributed by atoms with van der Waals surface area (Å²) in [5, 5.41) is 0. The minimum absolute atomic E-state index is 0.157. The van der Waals surface area contributed by atoms with Crippen LogP contribution in [0.3, 0.4) is 0 Å². The Kier molecular flexibility index (Phi) is 15.8. The average molecular weight is 525 g/mol. The van der Waals surface area contributed by atoms with Gasteiger partial charge in [0.15, 0.2) is 0 Å². The highest BCUT2D eigenvalue weighted by atomic mass is 16.6. The highest BCUT2D eigenvalue weighted by Crippen LogP contribution is 2.17. The molecule has 0 saturated carbocycles. The van der Waals surface area contributed by atoms with E-state index < -0.39 is 0 Å². The molecule has 4 heteroatoms. The number of unbranched alkanes of at least 4 members (excludes halogenated alkanes) is 10. The predicted octanol–water partition coefficient (Wildman–Crippen LogP) is 8.37. The van der Waals surface area contributed by atoms with E-state index in [1.165, 1.54) is 81.8 Å². The molecule has 0 aliphatic rings. The van der Waals surface area contributed by atoms with Crippen molar-refractivity contribution in [1.29, 1.82) is 0 Å². The summed E-state index contributed by atoms with van der Waals surface area (Å²) in [5.41, 5.74) is 2.64. The van der Waals surface area contributed by atoms with Crippen molar-refractivity contribution in [1.82, 2.24) is 0 Å². The molecular formula is C34H54NO3+. The van der Waals surface area contributed by atoms with Crippen LogP contribution in [0.25, 0.3) is 0 Å². The van der Waals surface area contributed by atoms with Crippen LogP contribution in [0, 0.1) is 5.92 Å². The third-order valence-electron chi connectivity index (χ3n) is 7.21. The van der Waals surface area contributed by atoms with Gasteiger partial charge >= 0.3 is 5.97 Å². The molecule has 2 rings (SSSR count). The van der Waals surface area contributed by atoms with Crippen LogP contribution in [-0.2, 0) is 22.5 Å². The average Bonchev–Trinajstić information content (AvgIpc) is 2.90. The second-order valence-corrected chi connectivity index (χ2v) is 11.6. The maximum absolute atomic E-state index is 12.5. The third kappa shape index (κ3) is 14.6. The smallest absolute Gasteiger partial charge is 0.314 e. The minimum atomic E-state index is -0.163. The molecule has 1 unspecified atom stereocenters. The Morgan fingerprint density at radius 1 is 0.737 bits per heavy atom. The molecule has 0 aliphatic heterocycles. The van der Waals surface area contributed by atoms with Crippen LogP contribution in [-0.4, -0.2) is 44.3 Å². The van der Waals surface area contributed by atoms with E-state index in [4.69, 9.17) is 9.47 Å². The number of rotatable bonds is 21. The van der Waals surface area contributed by atoms with E-state index in [-0.39, 0.29) is 18.5 Å². The first-order valence-electron chi connectivity index (χ1n) is 15.1. The second kappa shape index (κ2) is 18.8. The fraction of sp³-hybridized carbons (Fsp3) is 0.618. The van der Waals surface area contributed by atoms with Gasteiger partial charge in [-0.2, -0.15) is 0 Å². The molecular weight excluding hydrogens is 470 g/mol. The summed E-state index contributed by atoms with van der Waals surface area (Å²) < 4.78 is 12.0. The monoisotopic (exact) mass is 524 g/mol. The Labute approximate surface area is 233 Å². The molecule has 0 bridgehead atoms. The van der Waals surface area contributed by atoms with Crippen molar-refractivity contribution in [3.8, 4) is 5.75 Å². The van der Waals surface area contributed by atoms with Crippen molar-refractivity contribution >= 4 is 5.97 Å². The van der Waals surface area contributed by atoms with Gasteiger partial charge in [0, 0.05) is 5.56 Å². The SMILES string of the molecule is CCCCCCCCCCCCCc1ccc(OCCOC(=O)C(C)C[N+](C)(C)Cc2ccccc2)cc1. The number of carbonyl (C=O) groups excluding carboxylic acids is 1. The number of ether oxygens (including phenoxy) is 2. The Bertz CT molecular complexity index is 863.